The molecule has 1 unspecified atom stereocenters. The van der Waals surface area contributed by atoms with Crippen LogP contribution in [0.15, 0.2) is 42.7 Å². The number of carbonyl (C=O) groups excluding carboxylic acids is 1. The molecule has 7 nitrogen and oxygen atoms in total. The van der Waals surface area contributed by atoms with Gasteiger partial charge in [0.1, 0.15) is 0 Å². The highest BCUT2D eigenvalue weighted by Gasteiger charge is 2.40. The van der Waals surface area contributed by atoms with Gasteiger partial charge in [-0.05, 0) is 39.1 Å². The number of hydrogen-bond acceptors (Lipinski definition) is 5. The lowest BCUT2D eigenvalue weighted by Crippen LogP contribution is -2.52. The van der Waals surface area contributed by atoms with E-state index in [0.717, 1.165) is 71.0 Å². The summed E-state index contributed by atoms with van der Waals surface area (Å²) in [5.74, 6) is 0.0698. The van der Waals surface area contributed by atoms with Crippen LogP contribution in [0.5, 0.6) is 0 Å². The number of hydrogen-bond donors (Lipinski definition) is 0. The van der Waals surface area contributed by atoms with Gasteiger partial charge >= 0.3 is 0 Å². The Kier molecular flexibility index (Phi) is 6.51. The molecule has 0 bridgehead atoms. The van der Waals surface area contributed by atoms with Gasteiger partial charge in [-0.15, -0.1) is 0 Å². The predicted molar refractivity (Wildman–Crippen MR) is 117 cm³/mol. The van der Waals surface area contributed by atoms with E-state index in [4.69, 9.17) is 4.74 Å². The van der Waals surface area contributed by atoms with Crippen LogP contribution in [0.3, 0.4) is 0 Å². The third kappa shape index (κ3) is 4.91. The standard InChI is InChI=1S/C23H33N5O2/c1-25(2)11-12-26-13-14-30-19-23(17-26)9-6-10-27(18-23)22(29)20-15-24-28(16-20)21-7-4-3-5-8-21/h3-5,7-8,15-16H,6,9-14,17-19H2,1-2H3. The topological polar surface area (TPSA) is 53.8 Å². The quantitative estimate of drug-likeness (QED) is 0.753. The largest absolute Gasteiger partial charge is 0.379 e. The molecule has 2 aliphatic heterocycles. The first-order valence-electron chi connectivity index (χ1n) is 10.9. The Morgan fingerprint density at radius 2 is 2.03 bits per heavy atom. The van der Waals surface area contributed by atoms with Gasteiger partial charge in [-0.1, -0.05) is 18.2 Å². The van der Waals surface area contributed by atoms with Crippen LogP contribution in [0.1, 0.15) is 23.2 Å². The van der Waals surface area contributed by atoms with E-state index in [2.05, 4.69) is 29.0 Å². The zero-order valence-corrected chi connectivity index (χ0v) is 18.2. The van der Waals surface area contributed by atoms with Gasteiger partial charge in [0, 0.05) is 50.9 Å². The number of likely N-dealkylation sites (tertiary alicyclic amines) is 1. The second-order valence-electron chi connectivity index (χ2n) is 8.97. The van der Waals surface area contributed by atoms with E-state index in [9.17, 15) is 4.79 Å². The number of para-hydroxylation sites is 1. The molecule has 2 saturated heterocycles. The molecule has 2 aliphatic rings. The molecule has 3 heterocycles. The average molecular weight is 412 g/mol. The Morgan fingerprint density at radius 3 is 2.83 bits per heavy atom. The predicted octanol–water partition coefficient (Wildman–Crippen LogP) is 1.99. The zero-order chi connectivity index (χ0) is 21.0. The Morgan fingerprint density at radius 1 is 1.20 bits per heavy atom. The minimum Gasteiger partial charge on any atom is -0.379 e. The normalized spacial score (nSPS) is 23.1. The molecule has 30 heavy (non-hydrogen) atoms. The molecule has 2 fully saturated rings. The lowest BCUT2D eigenvalue weighted by atomic mass is 9.80. The second-order valence-corrected chi connectivity index (χ2v) is 8.97. The number of benzene rings is 1. The number of likely N-dealkylation sites (N-methyl/N-ethyl adjacent to an activating group) is 1. The third-order valence-corrected chi connectivity index (χ3v) is 6.18. The van der Waals surface area contributed by atoms with Crippen molar-refractivity contribution < 1.29 is 9.53 Å². The molecular weight excluding hydrogens is 378 g/mol. The zero-order valence-electron chi connectivity index (χ0n) is 18.2. The van der Waals surface area contributed by atoms with Gasteiger partial charge in [0.15, 0.2) is 0 Å². The van der Waals surface area contributed by atoms with Crippen molar-refractivity contribution in [2.45, 2.75) is 12.8 Å². The molecular formula is C23H33N5O2. The van der Waals surface area contributed by atoms with Crippen molar-refractivity contribution in [1.29, 1.82) is 0 Å². The molecule has 1 amide bonds. The molecule has 4 rings (SSSR count). The maximum atomic E-state index is 13.3. The number of aromatic nitrogens is 2. The van der Waals surface area contributed by atoms with E-state index in [0.29, 0.717) is 5.56 Å². The van der Waals surface area contributed by atoms with Gasteiger partial charge in [-0.3, -0.25) is 9.69 Å². The summed E-state index contributed by atoms with van der Waals surface area (Å²) < 4.78 is 7.78. The molecule has 1 atom stereocenters. The molecule has 0 N–H and O–H groups in total. The maximum Gasteiger partial charge on any atom is 0.257 e. The summed E-state index contributed by atoms with van der Waals surface area (Å²) in [7, 11) is 4.22. The Balaban J connectivity index is 1.45. The molecule has 0 saturated carbocycles. The van der Waals surface area contributed by atoms with Gasteiger partial charge in [-0.2, -0.15) is 5.10 Å². The summed E-state index contributed by atoms with van der Waals surface area (Å²) >= 11 is 0. The summed E-state index contributed by atoms with van der Waals surface area (Å²) in [5.41, 5.74) is 1.63. The summed E-state index contributed by atoms with van der Waals surface area (Å²) in [4.78, 5) is 20.0. The highest BCUT2D eigenvalue weighted by Crippen LogP contribution is 2.33. The molecule has 1 spiro atoms. The van der Waals surface area contributed by atoms with Crippen molar-refractivity contribution in [3.8, 4) is 5.69 Å². The summed E-state index contributed by atoms with van der Waals surface area (Å²) in [6.45, 7) is 7.09. The minimum atomic E-state index is 0.0200. The molecule has 2 aromatic rings. The van der Waals surface area contributed by atoms with Crippen molar-refractivity contribution in [1.82, 2.24) is 24.5 Å². The van der Waals surface area contributed by atoms with Crippen LogP contribution in [0.2, 0.25) is 0 Å². The Hall–Kier alpha value is -2.22. The van der Waals surface area contributed by atoms with Crippen molar-refractivity contribution in [2.75, 3.05) is 66.6 Å². The van der Waals surface area contributed by atoms with Crippen LogP contribution in [0.4, 0.5) is 0 Å². The van der Waals surface area contributed by atoms with E-state index in [1.165, 1.54) is 0 Å². The van der Waals surface area contributed by atoms with Crippen molar-refractivity contribution in [2.24, 2.45) is 5.41 Å². The monoisotopic (exact) mass is 411 g/mol. The molecule has 1 aromatic heterocycles. The lowest BCUT2D eigenvalue weighted by Gasteiger charge is -2.43. The fourth-order valence-corrected chi connectivity index (χ4v) is 4.58. The van der Waals surface area contributed by atoms with Gasteiger partial charge in [-0.25, -0.2) is 4.68 Å². The van der Waals surface area contributed by atoms with Gasteiger partial charge in [0.05, 0.1) is 30.7 Å². The average Bonchev–Trinajstić information content (AvgIpc) is 3.17. The van der Waals surface area contributed by atoms with Crippen molar-refractivity contribution in [3.05, 3.63) is 48.3 Å². The lowest BCUT2D eigenvalue weighted by molar-refractivity contribution is 0.00717. The SMILES string of the molecule is CN(C)CCN1CCOCC2(CCCN(C(=O)c3cnn(-c4ccccc4)c3)C2)C1. The third-order valence-electron chi connectivity index (χ3n) is 6.18. The highest BCUT2D eigenvalue weighted by atomic mass is 16.5. The minimum absolute atomic E-state index is 0.0200. The number of carbonyl (C=O) groups is 1. The molecule has 0 radical (unpaired) electrons. The van der Waals surface area contributed by atoms with Crippen LogP contribution in [-0.2, 0) is 4.74 Å². The van der Waals surface area contributed by atoms with Crippen LogP contribution in [-0.4, -0.2) is 97.0 Å². The maximum absolute atomic E-state index is 13.3. The summed E-state index contributed by atoms with van der Waals surface area (Å²) in [5, 5.41) is 4.41. The highest BCUT2D eigenvalue weighted by molar-refractivity contribution is 5.94. The van der Waals surface area contributed by atoms with Crippen LogP contribution in [0, 0.1) is 5.41 Å². The Bertz CT molecular complexity index is 837. The van der Waals surface area contributed by atoms with Crippen LogP contribution >= 0.6 is 0 Å². The second kappa shape index (κ2) is 9.29. The van der Waals surface area contributed by atoms with Crippen molar-refractivity contribution >= 4 is 5.91 Å². The van der Waals surface area contributed by atoms with E-state index >= 15 is 0 Å². The summed E-state index contributed by atoms with van der Waals surface area (Å²) in [6, 6.07) is 9.90. The van der Waals surface area contributed by atoms with E-state index in [-0.39, 0.29) is 11.3 Å². The fourth-order valence-electron chi connectivity index (χ4n) is 4.58. The first-order chi connectivity index (χ1) is 14.5. The molecule has 1 aromatic carbocycles. The first-order valence-corrected chi connectivity index (χ1v) is 10.9. The van der Waals surface area contributed by atoms with Crippen molar-refractivity contribution in [3.63, 3.8) is 0 Å². The first kappa shape index (κ1) is 21.0. The van der Waals surface area contributed by atoms with E-state index < -0.39 is 0 Å². The smallest absolute Gasteiger partial charge is 0.257 e. The number of piperidine rings is 1. The van der Waals surface area contributed by atoms with Gasteiger partial charge < -0.3 is 14.5 Å². The molecule has 162 valence electrons. The molecule has 7 heteroatoms. The Labute approximate surface area is 179 Å². The van der Waals surface area contributed by atoms with Crippen LogP contribution < -0.4 is 0 Å². The fraction of sp³-hybridized carbons (Fsp3) is 0.565. The molecule has 0 aliphatic carbocycles. The summed E-state index contributed by atoms with van der Waals surface area (Å²) in [6.07, 6.45) is 5.65. The number of rotatable bonds is 5. The van der Waals surface area contributed by atoms with E-state index in [1.54, 1.807) is 10.9 Å². The number of ether oxygens (including phenoxy) is 1. The van der Waals surface area contributed by atoms with Gasteiger partial charge in [0.2, 0.25) is 0 Å². The van der Waals surface area contributed by atoms with Gasteiger partial charge in [0.25, 0.3) is 5.91 Å². The van der Waals surface area contributed by atoms with E-state index in [1.807, 2.05) is 41.4 Å². The van der Waals surface area contributed by atoms with Crippen LogP contribution in [0.25, 0.3) is 5.69 Å². The number of amides is 1. The number of nitrogens with zero attached hydrogens (tertiary/aromatic N) is 5.